The Morgan fingerprint density at radius 3 is 1.98 bits per heavy atom. The maximum Gasteiger partial charge on any atom is 0.407 e. The zero-order valence-electron chi connectivity index (χ0n) is 32.2. The number of ether oxygens (including phenoxy) is 1. The fourth-order valence-corrected chi connectivity index (χ4v) is 7.41. The summed E-state index contributed by atoms with van der Waals surface area (Å²) in [6, 6.07) is 18.7. The second kappa shape index (κ2) is 17.1. The van der Waals surface area contributed by atoms with Crippen LogP contribution in [0.1, 0.15) is 64.5 Å². The first-order valence-corrected chi connectivity index (χ1v) is 19.0. The number of benzene rings is 3. The van der Waals surface area contributed by atoms with E-state index in [1.54, 1.807) is 6.20 Å². The van der Waals surface area contributed by atoms with E-state index in [9.17, 15) is 28.8 Å². The molecule has 6 N–H and O–H groups in total. The Labute approximate surface area is 325 Å². The van der Waals surface area contributed by atoms with Crippen LogP contribution in [0.5, 0.6) is 0 Å². The molecule has 0 spiro atoms. The molecule has 4 aromatic rings. The van der Waals surface area contributed by atoms with Crippen LogP contribution in [0.25, 0.3) is 22.0 Å². The lowest BCUT2D eigenvalue weighted by Crippen LogP contribution is -2.57. The molecule has 3 aromatic carbocycles. The summed E-state index contributed by atoms with van der Waals surface area (Å²) in [5.74, 6) is -2.94. The number of anilines is 1. The van der Waals surface area contributed by atoms with Crippen molar-refractivity contribution in [3.05, 3.63) is 90.1 Å². The van der Waals surface area contributed by atoms with Crippen LogP contribution in [0.2, 0.25) is 0 Å². The topological polar surface area (TPSA) is 191 Å². The van der Waals surface area contributed by atoms with Gasteiger partial charge in [0.25, 0.3) is 0 Å². The number of likely N-dealkylation sites (tertiary alicyclic amines) is 1. The van der Waals surface area contributed by atoms with Gasteiger partial charge in [0.1, 0.15) is 36.8 Å². The molecule has 2 aliphatic rings. The molecule has 1 fully saturated rings. The number of hydrogen-bond acceptors (Lipinski definition) is 7. The molecule has 0 saturated carbocycles. The van der Waals surface area contributed by atoms with Crippen LogP contribution >= 0.6 is 0 Å². The average Bonchev–Trinajstić information content (AvgIpc) is 3.92. The van der Waals surface area contributed by atoms with Crippen molar-refractivity contribution in [3.8, 4) is 11.1 Å². The van der Waals surface area contributed by atoms with E-state index in [1.165, 1.54) is 25.7 Å². The van der Waals surface area contributed by atoms with Gasteiger partial charge in [-0.05, 0) is 67.9 Å². The third-order valence-corrected chi connectivity index (χ3v) is 10.5. The fourth-order valence-electron chi connectivity index (χ4n) is 7.41. The maximum atomic E-state index is 13.6. The number of H-pyrrole nitrogens is 1. The average molecular weight is 764 g/mol. The molecule has 6 amide bonds. The van der Waals surface area contributed by atoms with Gasteiger partial charge in [0.2, 0.25) is 29.5 Å². The van der Waals surface area contributed by atoms with Crippen molar-refractivity contribution < 1.29 is 33.5 Å². The van der Waals surface area contributed by atoms with Crippen LogP contribution in [0, 0.1) is 5.92 Å². The van der Waals surface area contributed by atoms with Gasteiger partial charge in [0, 0.05) is 29.6 Å². The Kier molecular flexibility index (Phi) is 12.1. The molecule has 2 heterocycles. The third-order valence-electron chi connectivity index (χ3n) is 10.5. The Bertz CT molecular complexity index is 2080. The Hall–Kier alpha value is -6.18. The largest absolute Gasteiger partial charge is 0.449 e. The summed E-state index contributed by atoms with van der Waals surface area (Å²) in [4.78, 5) is 83.8. The summed E-state index contributed by atoms with van der Waals surface area (Å²) < 4.78 is 5.54. The van der Waals surface area contributed by atoms with E-state index in [-0.39, 0.29) is 24.3 Å². The molecule has 5 unspecified atom stereocenters. The highest BCUT2D eigenvalue weighted by Gasteiger charge is 2.39. The van der Waals surface area contributed by atoms with Gasteiger partial charge in [-0.3, -0.25) is 24.0 Å². The zero-order valence-corrected chi connectivity index (χ0v) is 32.2. The lowest BCUT2D eigenvalue weighted by Gasteiger charge is -2.30. The van der Waals surface area contributed by atoms with Gasteiger partial charge in [-0.2, -0.15) is 0 Å². The molecule has 1 aliphatic heterocycles. The molecule has 5 atom stereocenters. The number of aromatic amines is 1. The molecular formula is C42H49N7O7. The number of amides is 6. The van der Waals surface area contributed by atoms with Crippen molar-refractivity contribution in [1.82, 2.24) is 31.2 Å². The molecule has 6 rings (SSSR count). The number of alkyl carbamates (subject to hydrolysis) is 1. The highest BCUT2D eigenvalue weighted by molar-refractivity contribution is 6.05. The smallest absolute Gasteiger partial charge is 0.407 e. The van der Waals surface area contributed by atoms with E-state index in [2.05, 4.69) is 31.6 Å². The number of rotatable bonds is 13. The molecule has 1 aromatic heterocycles. The number of aromatic nitrogens is 1. The summed E-state index contributed by atoms with van der Waals surface area (Å²) in [5.41, 5.74) is 5.77. The van der Waals surface area contributed by atoms with Crippen molar-refractivity contribution in [1.29, 1.82) is 0 Å². The number of para-hydroxylation sites is 1. The Balaban J connectivity index is 0.964. The molecule has 0 bridgehead atoms. The minimum atomic E-state index is -1.05. The zero-order chi connectivity index (χ0) is 40.1. The quantitative estimate of drug-likeness (QED) is 0.118. The lowest BCUT2D eigenvalue weighted by molar-refractivity contribution is -0.142. The van der Waals surface area contributed by atoms with E-state index >= 15 is 0 Å². The van der Waals surface area contributed by atoms with Crippen molar-refractivity contribution in [2.45, 2.75) is 83.6 Å². The second-order valence-corrected chi connectivity index (χ2v) is 14.8. The van der Waals surface area contributed by atoms with Crippen molar-refractivity contribution in [2.24, 2.45) is 5.92 Å². The van der Waals surface area contributed by atoms with Crippen molar-refractivity contribution in [2.75, 3.05) is 18.5 Å². The normalized spacial score (nSPS) is 16.9. The Morgan fingerprint density at radius 1 is 0.732 bits per heavy atom. The molecule has 0 radical (unpaired) electrons. The number of fused-ring (bicyclic) bond motifs is 4. The van der Waals surface area contributed by atoms with Gasteiger partial charge < -0.3 is 41.2 Å². The van der Waals surface area contributed by atoms with E-state index in [0.29, 0.717) is 25.1 Å². The first-order chi connectivity index (χ1) is 26.8. The summed E-state index contributed by atoms with van der Waals surface area (Å²) in [6.45, 7) is 8.48. The lowest BCUT2D eigenvalue weighted by atomic mass is 9.98. The van der Waals surface area contributed by atoms with Crippen LogP contribution in [-0.4, -0.2) is 88.9 Å². The van der Waals surface area contributed by atoms with Gasteiger partial charge in [-0.25, -0.2) is 4.79 Å². The molecule has 1 aliphatic carbocycles. The standard InChI is InChI=1S/C42H49N7O7/c1-23(2)36(40(53)47-34-21-43-33-18-11-10-17-31(33)34)48-39(52)35-19-12-20-49(35)41(54)26(5)45-37(50)24(3)44-38(51)25(4)46-42(55)56-22-32-29-15-8-6-13-27(29)28-14-7-9-16-30(28)32/h6-11,13-18,21,23-26,32,35-36,43H,12,19-20,22H2,1-5H3,(H,44,51)(H,45,50)(H,46,55)(H,47,53)(H,48,52). The van der Waals surface area contributed by atoms with Gasteiger partial charge in [-0.15, -0.1) is 0 Å². The predicted molar refractivity (Wildman–Crippen MR) is 211 cm³/mol. The van der Waals surface area contributed by atoms with Crippen molar-refractivity contribution in [3.63, 3.8) is 0 Å². The molecule has 14 heteroatoms. The first-order valence-electron chi connectivity index (χ1n) is 19.0. The maximum absolute atomic E-state index is 13.6. The van der Waals surface area contributed by atoms with Gasteiger partial charge >= 0.3 is 6.09 Å². The molecular weight excluding hydrogens is 715 g/mol. The van der Waals surface area contributed by atoms with Gasteiger partial charge in [0.05, 0.1) is 5.69 Å². The monoisotopic (exact) mass is 763 g/mol. The number of hydrogen-bond donors (Lipinski definition) is 6. The van der Waals surface area contributed by atoms with E-state index in [1.807, 2.05) is 86.6 Å². The van der Waals surface area contributed by atoms with Crippen LogP contribution in [0.4, 0.5) is 10.5 Å². The number of nitrogens with zero attached hydrogens (tertiary/aromatic N) is 1. The molecule has 56 heavy (non-hydrogen) atoms. The minimum absolute atomic E-state index is 0.0813. The van der Waals surface area contributed by atoms with Crippen LogP contribution in [0.3, 0.4) is 0 Å². The summed E-state index contributed by atoms with van der Waals surface area (Å²) in [6.07, 6.45) is 1.89. The van der Waals surface area contributed by atoms with Crippen LogP contribution in [0.15, 0.2) is 79.0 Å². The van der Waals surface area contributed by atoms with Gasteiger partial charge in [0.15, 0.2) is 0 Å². The highest BCUT2D eigenvalue weighted by atomic mass is 16.5. The highest BCUT2D eigenvalue weighted by Crippen LogP contribution is 2.44. The third kappa shape index (κ3) is 8.54. The summed E-state index contributed by atoms with van der Waals surface area (Å²) in [5, 5.41) is 14.3. The number of nitrogens with one attached hydrogen (secondary N) is 6. The summed E-state index contributed by atoms with van der Waals surface area (Å²) in [7, 11) is 0. The fraction of sp³-hybridized carbons (Fsp3) is 0.381. The number of carbonyl (C=O) groups excluding carboxylic acids is 6. The van der Waals surface area contributed by atoms with E-state index in [0.717, 1.165) is 33.2 Å². The second-order valence-electron chi connectivity index (χ2n) is 14.8. The van der Waals surface area contributed by atoms with Gasteiger partial charge in [-0.1, -0.05) is 80.6 Å². The molecule has 14 nitrogen and oxygen atoms in total. The van der Waals surface area contributed by atoms with Crippen LogP contribution < -0.4 is 26.6 Å². The SMILES string of the molecule is CC(NC(=O)OCC1c2ccccc2-c2ccccc21)C(=O)NC(C)C(=O)NC(C)C(=O)N1CCCC1C(=O)NC(C(=O)Nc1c[nH]c2ccccc12)C(C)C. The van der Waals surface area contributed by atoms with Crippen molar-refractivity contribution >= 4 is 52.2 Å². The van der Waals surface area contributed by atoms with E-state index < -0.39 is 59.9 Å². The minimum Gasteiger partial charge on any atom is -0.449 e. The predicted octanol–water partition coefficient (Wildman–Crippen LogP) is 4.17. The molecule has 1 saturated heterocycles. The Morgan fingerprint density at radius 2 is 1.32 bits per heavy atom. The molecule has 294 valence electrons. The van der Waals surface area contributed by atoms with Crippen LogP contribution in [-0.2, 0) is 28.7 Å². The summed E-state index contributed by atoms with van der Waals surface area (Å²) >= 11 is 0. The first kappa shape index (κ1) is 39.5. The number of carbonyl (C=O) groups is 6. The van der Waals surface area contributed by atoms with E-state index in [4.69, 9.17) is 4.74 Å².